The minimum atomic E-state index is -0.171. The third kappa shape index (κ3) is 7.86. The van der Waals surface area contributed by atoms with Gasteiger partial charge in [0.25, 0.3) is 0 Å². The fourth-order valence-corrected chi connectivity index (χ4v) is 1.67. The molecular formula is C20H29FO3. The SMILES string of the molecule is CC.CC.CCOc1ccc2c(c1)OCO2.Cc1ccc(F)cc1. The summed E-state index contributed by atoms with van der Waals surface area (Å²) in [5, 5.41) is 0. The molecule has 0 amide bonds. The number of rotatable bonds is 2. The maximum absolute atomic E-state index is 12.1. The molecule has 3 rings (SSSR count). The zero-order valence-corrected chi connectivity index (χ0v) is 15.6. The summed E-state index contributed by atoms with van der Waals surface area (Å²) in [5.41, 5.74) is 1.09. The normalized spacial score (nSPS) is 10.1. The summed E-state index contributed by atoms with van der Waals surface area (Å²) in [7, 11) is 0. The van der Waals surface area contributed by atoms with Gasteiger partial charge in [0.1, 0.15) is 11.6 Å². The highest BCUT2D eigenvalue weighted by Gasteiger charge is 2.13. The van der Waals surface area contributed by atoms with Gasteiger partial charge in [-0.3, -0.25) is 0 Å². The van der Waals surface area contributed by atoms with Crippen molar-refractivity contribution in [3.63, 3.8) is 0 Å². The van der Waals surface area contributed by atoms with E-state index < -0.39 is 0 Å². The minimum Gasteiger partial charge on any atom is -0.494 e. The second-order valence-corrected chi connectivity index (χ2v) is 4.24. The monoisotopic (exact) mass is 336 g/mol. The smallest absolute Gasteiger partial charge is 0.231 e. The van der Waals surface area contributed by atoms with Gasteiger partial charge >= 0.3 is 0 Å². The molecule has 2 aromatic rings. The number of hydrogen-bond donors (Lipinski definition) is 0. The fraction of sp³-hybridized carbons (Fsp3) is 0.400. The molecule has 2 aromatic carbocycles. The molecule has 1 aliphatic rings. The number of benzene rings is 2. The molecule has 0 saturated heterocycles. The van der Waals surface area contributed by atoms with Crippen molar-refractivity contribution in [2.45, 2.75) is 41.5 Å². The van der Waals surface area contributed by atoms with Gasteiger partial charge in [0.15, 0.2) is 11.5 Å². The van der Waals surface area contributed by atoms with E-state index in [1.807, 2.05) is 59.7 Å². The average molecular weight is 336 g/mol. The molecule has 1 aliphatic heterocycles. The van der Waals surface area contributed by atoms with E-state index >= 15 is 0 Å². The van der Waals surface area contributed by atoms with E-state index in [9.17, 15) is 4.39 Å². The first-order valence-electron chi connectivity index (χ1n) is 8.43. The van der Waals surface area contributed by atoms with Gasteiger partial charge in [0.05, 0.1) is 6.61 Å². The van der Waals surface area contributed by atoms with Crippen molar-refractivity contribution in [3.8, 4) is 17.2 Å². The first-order valence-corrected chi connectivity index (χ1v) is 8.43. The molecule has 3 nitrogen and oxygen atoms in total. The van der Waals surface area contributed by atoms with Crippen LogP contribution in [-0.2, 0) is 0 Å². The predicted octanol–water partition coefficient (Wildman–Crippen LogP) is 6.00. The molecule has 0 saturated carbocycles. The van der Waals surface area contributed by atoms with Crippen molar-refractivity contribution in [1.82, 2.24) is 0 Å². The lowest BCUT2D eigenvalue weighted by molar-refractivity contribution is 0.174. The van der Waals surface area contributed by atoms with Gasteiger partial charge in [-0.05, 0) is 38.1 Å². The molecule has 1 heterocycles. The largest absolute Gasteiger partial charge is 0.494 e. The van der Waals surface area contributed by atoms with E-state index in [4.69, 9.17) is 14.2 Å². The molecule has 134 valence electrons. The van der Waals surface area contributed by atoms with Crippen molar-refractivity contribution >= 4 is 0 Å². The number of aryl methyl sites for hydroxylation is 1. The lowest BCUT2D eigenvalue weighted by Gasteiger charge is -2.02. The topological polar surface area (TPSA) is 27.7 Å². The van der Waals surface area contributed by atoms with Gasteiger partial charge in [-0.15, -0.1) is 0 Å². The number of hydrogen-bond acceptors (Lipinski definition) is 3. The molecular weight excluding hydrogens is 307 g/mol. The molecule has 0 bridgehead atoms. The Morgan fingerprint density at radius 3 is 2.04 bits per heavy atom. The van der Waals surface area contributed by atoms with Gasteiger partial charge in [0.2, 0.25) is 6.79 Å². The molecule has 0 fully saturated rings. The first-order chi connectivity index (χ1) is 11.7. The maximum atomic E-state index is 12.1. The molecule has 0 aromatic heterocycles. The Morgan fingerprint density at radius 2 is 1.50 bits per heavy atom. The lowest BCUT2D eigenvalue weighted by Crippen LogP contribution is -1.93. The van der Waals surface area contributed by atoms with Gasteiger partial charge in [-0.2, -0.15) is 0 Å². The Bertz CT molecular complexity index is 532. The van der Waals surface area contributed by atoms with Gasteiger partial charge in [0, 0.05) is 6.07 Å². The van der Waals surface area contributed by atoms with Crippen molar-refractivity contribution in [1.29, 1.82) is 0 Å². The summed E-state index contributed by atoms with van der Waals surface area (Å²) in [6.45, 7) is 12.9. The number of ether oxygens (including phenoxy) is 3. The predicted molar refractivity (Wildman–Crippen MR) is 97.6 cm³/mol. The maximum Gasteiger partial charge on any atom is 0.231 e. The summed E-state index contributed by atoms with van der Waals surface area (Å²) >= 11 is 0. The van der Waals surface area contributed by atoms with Crippen LogP contribution < -0.4 is 14.2 Å². The van der Waals surface area contributed by atoms with Crippen molar-refractivity contribution in [2.24, 2.45) is 0 Å². The lowest BCUT2D eigenvalue weighted by atomic mass is 10.2. The van der Waals surface area contributed by atoms with Gasteiger partial charge in [-0.1, -0.05) is 45.4 Å². The molecule has 0 N–H and O–H groups in total. The number of halogens is 1. The van der Waals surface area contributed by atoms with Crippen molar-refractivity contribution < 1.29 is 18.6 Å². The zero-order valence-electron chi connectivity index (χ0n) is 15.6. The summed E-state index contributed by atoms with van der Waals surface area (Å²) in [5.74, 6) is 2.21. The van der Waals surface area contributed by atoms with Crippen LogP contribution >= 0.6 is 0 Å². The molecule has 0 aliphatic carbocycles. The summed E-state index contributed by atoms with van der Waals surface area (Å²) in [4.78, 5) is 0. The van der Waals surface area contributed by atoms with Crippen LogP contribution in [-0.4, -0.2) is 13.4 Å². The highest BCUT2D eigenvalue weighted by molar-refractivity contribution is 5.46. The van der Waals surface area contributed by atoms with Crippen LogP contribution in [0.1, 0.15) is 40.2 Å². The Morgan fingerprint density at radius 1 is 0.917 bits per heavy atom. The molecule has 0 atom stereocenters. The Balaban J connectivity index is 0.000000385. The quantitative estimate of drug-likeness (QED) is 0.673. The van der Waals surface area contributed by atoms with Gasteiger partial charge < -0.3 is 14.2 Å². The molecule has 4 heteroatoms. The molecule has 0 unspecified atom stereocenters. The highest BCUT2D eigenvalue weighted by atomic mass is 19.1. The Kier molecular flexibility index (Phi) is 12.0. The summed E-state index contributed by atoms with van der Waals surface area (Å²) < 4.78 is 27.7. The number of fused-ring (bicyclic) bond motifs is 1. The van der Waals surface area contributed by atoms with Crippen molar-refractivity contribution in [3.05, 3.63) is 53.8 Å². The molecule has 24 heavy (non-hydrogen) atoms. The molecule has 0 radical (unpaired) electrons. The zero-order chi connectivity index (χ0) is 18.4. The summed E-state index contributed by atoms with van der Waals surface area (Å²) in [6, 6.07) is 12.0. The van der Waals surface area contributed by atoms with Crippen LogP contribution in [0, 0.1) is 12.7 Å². The van der Waals surface area contributed by atoms with E-state index in [1.165, 1.54) is 12.1 Å². The Hall–Kier alpha value is -2.23. The highest BCUT2D eigenvalue weighted by Crippen LogP contribution is 2.34. The summed E-state index contributed by atoms with van der Waals surface area (Å²) in [6.07, 6.45) is 0. The van der Waals surface area contributed by atoms with E-state index in [2.05, 4.69) is 0 Å². The van der Waals surface area contributed by atoms with Crippen LogP contribution in [0.4, 0.5) is 4.39 Å². The van der Waals surface area contributed by atoms with Gasteiger partial charge in [-0.25, -0.2) is 4.39 Å². The third-order valence-electron chi connectivity index (χ3n) is 2.67. The first kappa shape index (κ1) is 21.8. The van der Waals surface area contributed by atoms with E-state index in [0.717, 1.165) is 22.8 Å². The van der Waals surface area contributed by atoms with Crippen LogP contribution in [0.5, 0.6) is 17.2 Å². The second-order valence-electron chi connectivity index (χ2n) is 4.24. The molecule has 0 spiro atoms. The average Bonchev–Trinajstić information content (AvgIpc) is 3.10. The Labute approximate surface area is 145 Å². The van der Waals surface area contributed by atoms with Crippen LogP contribution in [0.3, 0.4) is 0 Å². The van der Waals surface area contributed by atoms with E-state index in [0.29, 0.717) is 13.4 Å². The van der Waals surface area contributed by atoms with E-state index in [1.54, 1.807) is 12.1 Å². The van der Waals surface area contributed by atoms with Crippen molar-refractivity contribution in [2.75, 3.05) is 13.4 Å². The van der Waals surface area contributed by atoms with Crippen LogP contribution in [0.15, 0.2) is 42.5 Å². The fourth-order valence-electron chi connectivity index (χ4n) is 1.67. The standard InChI is InChI=1S/C9H10O3.C7H7F.2C2H6/c1-2-10-7-3-4-8-9(5-7)12-6-11-8;1-6-2-4-7(8)5-3-6;2*1-2/h3-5H,2,6H2,1H3;2-5H,1H3;2*1-2H3. The minimum absolute atomic E-state index is 0.171. The van der Waals surface area contributed by atoms with Crippen LogP contribution in [0.2, 0.25) is 0 Å². The van der Waals surface area contributed by atoms with Crippen LogP contribution in [0.25, 0.3) is 0 Å². The van der Waals surface area contributed by atoms with E-state index in [-0.39, 0.29) is 5.82 Å². The third-order valence-corrected chi connectivity index (χ3v) is 2.67. The second kappa shape index (κ2) is 13.2.